The number of sulfonamides is 1. The van der Waals surface area contributed by atoms with E-state index in [4.69, 9.17) is 4.74 Å². The Kier molecular flexibility index (Phi) is 5.18. The second kappa shape index (κ2) is 7.62. The van der Waals surface area contributed by atoms with Crippen LogP contribution in [0.15, 0.2) is 59.5 Å². The molecule has 0 spiro atoms. The molecule has 2 heterocycles. The van der Waals surface area contributed by atoms with Gasteiger partial charge in [-0.25, -0.2) is 17.5 Å². The summed E-state index contributed by atoms with van der Waals surface area (Å²) in [5.41, 5.74) is 0.0682. The van der Waals surface area contributed by atoms with Crippen LogP contribution < -0.4 is 4.72 Å². The van der Waals surface area contributed by atoms with E-state index in [1.807, 2.05) is 0 Å². The van der Waals surface area contributed by atoms with Gasteiger partial charge in [0.05, 0.1) is 28.7 Å². The average Bonchev–Trinajstić information content (AvgIpc) is 2.68. The number of fused-ring (bicyclic) bond motifs is 1. The van der Waals surface area contributed by atoms with Crippen molar-refractivity contribution in [2.45, 2.75) is 36.0 Å². The molecule has 0 radical (unpaired) electrons. The van der Waals surface area contributed by atoms with E-state index < -0.39 is 15.8 Å². The van der Waals surface area contributed by atoms with E-state index in [1.54, 1.807) is 35.2 Å². The van der Waals surface area contributed by atoms with E-state index in [1.165, 1.54) is 24.3 Å². The number of rotatable bonds is 5. The van der Waals surface area contributed by atoms with Crippen LogP contribution in [0.5, 0.6) is 0 Å². The lowest BCUT2D eigenvalue weighted by molar-refractivity contribution is -0.149. The molecule has 0 bridgehead atoms. The van der Waals surface area contributed by atoms with Crippen molar-refractivity contribution in [3.05, 3.63) is 66.0 Å². The van der Waals surface area contributed by atoms with Gasteiger partial charge in [-0.15, -0.1) is 0 Å². The Labute approximate surface area is 163 Å². The molecule has 0 unspecified atom stereocenters. The van der Waals surface area contributed by atoms with Crippen molar-refractivity contribution in [3.8, 4) is 0 Å². The maximum absolute atomic E-state index is 13.9. The monoisotopic (exact) mass is 404 g/mol. The average molecular weight is 404 g/mol. The summed E-state index contributed by atoms with van der Waals surface area (Å²) in [6, 6.07) is 14.0. The van der Waals surface area contributed by atoms with Gasteiger partial charge in [-0.2, -0.15) is 0 Å². The quantitative estimate of drug-likeness (QED) is 0.829. The first-order chi connectivity index (χ1) is 13.5. The van der Waals surface area contributed by atoms with Gasteiger partial charge in [0.25, 0.3) is 5.91 Å². The number of likely N-dealkylation sites (tertiary alicyclic amines) is 1. The highest BCUT2D eigenvalue weighted by Crippen LogP contribution is 2.33. The summed E-state index contributed by atoms with van der Waals surface area (Å²) < 4.78 is 47.0. The van der Waals surface area contributed by atoms with Crippen LogP contribution in [-0.4, -0.2) is 50.6 Å². The molecule has 1 N–H and O–H groups in total. The van der Waals surface area contributed by atoms with Gasteiger partial charge in [-0.05, 0) is 37.1 Å². The lowest BCUT2D eigenvalue weighted by atomic mass is 9.89. The molecular weight excluding hydrogens is 383 g/mol. The Morgan fingerprint density at radius 2 is 1.82 bits per heavy atom. The Morgan fingerprint density at radius 1 is 1.11 bits per heavy atom. The Morgan fingerprint density at radius 3 is 2.54 bits per heavy atom. The van der Waals surface area contributed by atoms with Crippen molar-refractivity contribution >= 4 is 15.9 Å². The molecule has 8 heteroatoms. The van der Waals surface area contributed by atoms with E-state index in [0.717, 1.165) is 0 Å². The van der Waals surface area contributed by atoms with Gasteiger partial charge in [0.15, 0.2) is 0 Å². The number of hydrogen-bond acceptors (Lipinski definition) is 4. The SMILES string of the molecule is O=C(c1ccccc1F)N1C[C@H]2O[C@@H](CNS(=O)(=O)c3ccccc3)CC[C@H]21. The summed E-state index contributed by atoms with van der Waals surface area (Å²) in [7, 11) is -3.57. The summed E-state index contributed by atoms with van der Waals surface area (Å²) in [6.07, 6.45) is 0.934. The number of halogens is 1. The summed E-state index contributed by atoms with van der Waals surface area (Å²) in [5, 5.41) is 0. The van der Waals surface area contributed by atoms with Crippen molar-refractivity contribution in [2.24, 2.45) is 0 Å². The predicted octanol–water partition coefficient (Wildman–Crippen LogP) is 2.18. The molecule has 4 rings (SSSR count). The van der Waals surface area contributed by atoms with Gasteiger partial charge >= 0.3 is 0 Å². The molecule has 2 aromatic carbocycles. The van der Waals surface area contributed by atoms with Gasteiger partial charge < -0.3 is 9.64 Å². The van der Waals surface area contributed by atoms with Crippen LogP contribution in [0.2, 0.25) is 0 Å². The first-order valence-electron chi connectivity index (χ1n) is 9.21. The third kappa shape index (κ3) is 3.67. The molecule has 2 fully saturated rings. The van der Waals surface area contributed by atoms with Crippen LogP contribution in [0.3, 0.4) is 0 Å². The summed E-state index contributed by atoms with van der Waals surface area (Å²) in [5.74, 6) is -0.855. The molecule has 2 aliphatic rings. The molecule has 0 aromatic heterocycles. The molecule has 6 nitrogen and oxygen atoms in total. The van der Waals surface area contributed by atoms with Gasteiger partial charge in [0.2, 0.25) is 10.0 Å². The van der Waals surface area contributed by atoms with E-state index in [2.05, 4.69) is 4.72 Å². The van der Waals surface area contributed by atoms with Gasteiger partial charge in [-0.1, -0.05) is 30.3 Å². The van der Waals surface area contributed by atoms with Crippen LogP contribution >= 0.6 is 0 Å². The fourth-order valence-corrected chi connectivity index (χ4v) is 4.81. The molecule has 3 atom stereocenters. The normalized spacial score (nSPS) is 24.3. The van der Waals surface area contributed by atoms with Crippen molar-refractivity contribution < 1.29 is 22.3 Å². The van der Waals surface area contributed by atoms with E-state index in [0.29, 0.717) is 19.4 Å². The first kappa shape index (κ1) is 19.0. The number of carbonyl (C=O) groups is 1. The number of hydrogen-bond donors (Lipinski definition) is 1. The highest BCUT2D eigenvalue weighted by atomic mass is 32.2. The Balaban J connectivity index is 1.32. The second-order valence-electron chi connectivity index (χ2n) is 7.04. The van der Waals surface area contributed by atoms with Crippen LogP contribution in [-0.2, 0) is 14.8 Å². The minimum Gasteiger partial charge on any atom is -0.370 e. The number of nitrogens with zero attached hydrogens (tertiary/aromatic N) is 1. The standard InChI is InChI=1S/C20H21FN2O4S/c21-17-9-5-4-8-16(17)20(24)23-13-19-18(23)11-10-14(27-19)12-22-28(25,26)15-6-2-1-3-7-15/h1-9,14,18-19,22H,10-13H2/t14-,18-,19-/m1/s1. The zero-order chi connectivity index (χ0) is 19.7. The maximum atomic E-state index is 13.9. The zero-order valence-corrected chi connectivity index (χ0v) is 15.9. The molecule has 0 aliphatic carbocycles. The van der Waals surface area contributed by atoms with Crippen molar-refractivity contribution in [3.63, 3.8) is 0 Å². The Bertz CT molecular complexity index is 967. The topological polar surface area (TPSA) is 75.7 Å². The van der Waals surface area contributed by atoms with Gasteiger partial charge in [0.1, 0.15) is 5.82 Å². The van der Waals surface area contributed by atoms with Gasteiger partial charge in [0, 0.05) is 13.1 Å². The smallest absolute Gasteiger partial charge is 0.257 e. The summed E-state index contributed by atoms with van der Waals surface area (Å²) in [6.45, 7) is 0.571. The van der Waals surface area contributed by atoms with Crippen LogP contribution in [0.1, 0.15) is 23.2 Å². The number of benzene rings is 2. The number of carbonyl (C=O) groups excluding carboxylic acids is 1. The molecule has 148 valence electrons. The number of amides is 1. The first-order valence-corrected chi connectivity index (χ1v) is 10.7. The molecule has 0 saturated carbocycles. The second-order valence-corrected chi connectivity index (χ2v) is 8.81. The molecular formula is C20H21FN2O4S. The fraction of sp³-hybridized carbons (Fsp3) is 0.350. The van der Waals surface area contributed by atoms with Crippen LogP contribution in [0, 0.1) is 5.82 Å². The maximum Gasteiger partial charge on any atom is 0.257 e. The van der Waals surface area contributed by atoms with Crippen molar-refractivity contribution in [1.29, 1.82) is 0 Å². The van der Waals surface area contributed by atoms with Crippen molar-refractivity contribution in [2.75, 3.05) is 13.1 Å². The summed E-state index contributed by atoms with van der Waals surface area (Å²) in [4.78, 5) is 14.4. The zero-order valence-electron chi connectivity index (χ0n) is 15.1. The number of ether oxygens (including phenoxy) is 1. The number of nitrogens with one attached hydrogen (secondary N) is 1. The minimum absolute atomic E-state index is 0.0682. The lowest BCUT2D eigenvalue weighted by Crippen LogP contribution is -2.66. The van der Waals surface area contributed by atoms with E-state index >= 15 is 0 Å². The lowest BCUT2D eigenvalue weighted by Gasteiger charge is -2.52. The highest BCUT2D eigenvalue weighted by molar-refractivity contribution is 7.89. The van der Waals surface area contributed by atoms with Crippen LogP contribution in [0.4, 0.5) is 4.39 Å². The largest absolute Gasteiger partial charge is 0.370 e. The molecule has 28 heavy (non-hydrogen) atoms. The van der Waals surface area contributed by atoms with Crippen LogP contribution in [0.25, 0.3) is 0 Å². The fourth-order valence-electron chi connectivity index (χ4n) is 3.72. The van der Waals surface area contributed by atoms with E-state index in [-0.39, 0.29) is 41.2 Å². The van der Waals surface area contributed by atoms with Gasteiger partial charge in [-0.3, -0.25) is 4.79 Å². The molecule has 2 aromatic rings. The molecule has 2 saturated heterocycles. The highest BCUT2D eigenvalue weighted by Gasteiger charge is 2.47. The molecule has 1 amide bonds. The molecule has 2 aliphatic heterocycles. The Hall–Kier alpha value is -2.29. The van der Waals surface area contributed by atoms with E-state index in [9.17, 15) is 17.6 Å². The summed E-state index contributed by atoms with van der Waals surface area (Å²) >= 11 is 0. The third-order valence-corrected chi connectivity index (χ3v) is 6.72. The van der Waals surface area contributed by atoms with Crippen molar-refractivity contribution in [1.82, 2.24) is 9.62 Å². The third-order valence-electron chi connectivity index (χ3n) is 5.28. The minimum atomic E-state index is -3.57. The predicted molar refractivity (Wildman–Crippen MR) is 101 cm³/mol.